The van der Waals surface area contributed by atoms with Gasteiger partial charge >= 0.3 is 0 Å². The molecule has 0 fully saturated rings. The van der Waals surface area contributed by atoms with Crippen molar-refractivity contribution in [1.82, 2.24) is 9.62 Å². The van der Waals surface area contributed by atoms with E-state index in [9.17, 15) is 13.2 Å². The van der Waals surface area contributed by atoms with Crippen molar-refractivity contribution in [1.29, 1.82) is 0 Å². The van der Waals surface area contributed by atoms with E-state index in [1.54, 1.807) is 33.2 Å². The summed E-state index contributed by atoms with van der Waals surface area (Å²) >= 11 is 0. The quantitative estimate of drug-likeness (QED) is 0.820. The van der Waals surface area contributed by atoms with Gasteiger partial charge in [0.05, 0.1) is 12.0 Å². The zero-order valence-electron chi connectivity index (χ0n) is 14.5. The van der Waals surface area contributed by atoms with Gasteiger partial charge in [-0.1, -0.05) is 31.2 Å². The maximum atomic E-state index is 12.7. The van der Waals surface area contributed by atoms with Crippen LogP contribution in [0.3, 0.4) is 0 Å². The van der Waals surface area contributed by atoms with E-state index >= 15 is 0 Å². The molecular weight excluding hydrogens is 340 g/mol. The Labute approximate surface area is 148 Å². The molecule has 0 aromatic heterocycles. The normalized spacial score (nSPS) is 11.2. The first kappa shape index (κ1) is 19.0. The SMILES string of the molecule is CCNS(=O)(=O)c1cccc(C(=O)N(C)Cc2ccccc2OC)c1. The number of benzene rings is 2. The molecule has 0 aliphatic heterocycles. The van der Waals surface area contributed by atoms with Gasteiger partial charge in [-0.15, -0.1) is 0 Å². The molecule has 0 heterocycles. The van der Waals surface area contributed by atoms with E-state index in [0.717, 1.165) is 5.56 Å². The minimum atomic E-state index is -3.60. The van der Waals surface area contributed by atoms with Crippen LogP contribution in [-0.2, 0) is 16.6 Å². The van der Waals surface area contributed by atoms with Crippen molar-refractivity contribution in [3.8, 4) is 5.75 Å². The lowest BCUT2D eigenvalue weighted by atomic mass is 10.1. The fourth-order valence-corrected chi connectivity index (χ4v) is 3.54. The number of rotatable bonds is 7. The maximum absolute atomic E-state index is 12.7. The molecule has 6 nitrogen and oxygen atoms in total. The van der Waals surface area contributed by atoms with Gasteiger partial charge < -0.3 is 9.64 Å². The van der Waals surface area contributed by atoms with E-state index in [4.69, 9.17) is 4.74 Å². The Kier molecular flexibility index (Phi) is 6.17. The fraction of sp³-hybridized carbons (Fsp3) is 0.278. The molecule has 134 valence electrons. The second kappa shape index (κ2) is 8.13. The first-order valence-corrected chi connectivity index (χ1v) is 9.34. The van der Waals surface area contributed by atoms with Gasteiger partial charge in [0, 0.05) is 31.3 Å². The monoisotopic (exact) mass is 362 g/mol. The molecule has 25 heavy (non-hydrogen) atoms. The number of nitrogens with one attached hydrogen (secondary N) is 1. The topological polar surface area (TPSA) is 75.7 Å². The van der Waals surface area contributed by atoms with Crippen LogP contribution in [0.25, 0.3) is 0 Å². The number of carbonyl (C=O) groups excluding carboxylic acids is 1. The van der Waals surface area contributed by atoms with Gasteiger partial charge in [-0.3, -0.25) is 4.79 Å². The lowest BCUT2D eigenvalue weighted by molar-refractivity contribution is 0.0784. The van der Waals surface area contributed by atoms with Gasteiger partial charge in [-0.05, 0) is 24.3 Å². The molecule has 0 aliphatic rings. The molecule has 2 aromatic carbocycles. The van der Waals surface area contributed by atoms with Crippen LogP contribution in [-0.4, -0.2) is 39.9 Å². The third-order valence-corrected chi connectivity index (χ3v) is 5.22. The molecule has 1 amide bonds. The molecular formula is C18H22N2O4S. The number of hydrogen-bond donors (Lipinski definition) is 1. The summed E-state index contributed by atoms with van der Waals surface area (Å²) in [5, 5.41) is 0. The summed E-state index contributed by atoms with van der Waals surface area (Å²) in [5.41, 5.74) is 1.19. The lowest BCUT2D eigenvalue weighted by Gasteiger charge is -2.19. The van der Waals surface area contributed by atoms with Gasteiger partial charge in [-0.2, -0.15) is 0 Å². The van der Waals surface area contributed by atoms with Gasteiger partial charge in [-0.25, -0.2) is 13.1 Å². The van der Waals surface area contributed by atoms with Crippen molar-refractivity contribution >= 4 is 15.9 Å². The molecule has 0 aliphatic carbocycles. The number of ether oxygens (including phenoxy) is 1. The third kappa shape index (κ3) is 4.58. The van der Waals surface area contributed by atoms with Crippen molar-refractivity contribution in [2.24, 2.45) is 0 Å². The number of sulfonamides is 1. The van der Waals surface area contributed by atoms with Crippen molar-refractivity contribution in [2.45, 2.75) is 18.4 Å². The highest BCUT2D eigenvalue weighted by Crippen LogP contribution is 2.20. The van der Waals surface area contributed by atoms with E-state index in [0.29, 0.717) is 17.9 Å². The van der Waals surface area contributed by atoms with E-state index in [2.05, 4.69) is 4.72 Å². The molecule has 7 heteroatoms. The van der Waals surface area contributed by atoms with Crippen LogP contribution >= 0.6 is 0 Å². The molecule has 0 atom stereocenters. The second-order valence-electron chi connectivity index (χ2n) is 5.50. The second-order valence-corrected chi connectivity index (χ2v) is 7.27. The Balaban J connectivity index is 2.23. The number of nitrogens with zero attached hydrogens (tertiary/aromatic N) is 1. The highest BCUT2D eigenvalue weighted by molar-refractivity contribution is 7.89. The summed E-state index contributed by atoms with van der Waals surface area (Å²) in [6.45, 7) is 2.34. The predicted octanol–water partition coefficient (Wildman–Crippen LogP) is 2.27. The Morgan fingerprint density at radius 3 is 2.56 bits per heavy atom. The maximum Gasteiger partial charge on any atom is 0.253 e. The highest BCUT2D eigenvalue weighted by atomic mass is 32.2. The molecule has 0 saturated carbocycles. The van der Waals surface area contributed by atoms with Crippen molar-refractivity contribution in [3.05, 3.63) is 59.7 Å². The predicted molar refractivity (Wildman–Crippen MR) is 96.1 cm³/mol. The molecule has 2 rings (SSSR count). The first-order chi connectivity index (χ1) is 11.9. The zero-order valence-corrected chi connectivity index (χ0v) is 15.3. The minimum Gasteiger partial charge on any atom is -0.496 e. The molecule has 1 N–H and O–H groups in total. The fourth-order valence-electron chi connectivity index (χ4n) is 2.45. The van der Waals surface area contributed by atoms with Gasteiger partial charge in [0.1, 0.15) is 5.75 Å². The van der Waals surface area contributed by atoms with Crippen LogP contribution in [0.1, 0.15) is 22.8 Å². The van der Waals surface area contributed by atoms with E-state index in [1.165, 1.54) is 17.0 Å². The standard InChI is InChI=1S/C18H22N2O4S/c1-4-19-25(22,23)16-10-7-9-14(12-16)18(21)20(2)13-15-8-5-6-11-17(15)24-3/h5-12,19H,4,13H2,1-3H3. The largest absolute Gasteiger partial charge is 0.496 e. The average molecular weight is 362 g/mol. The molecule has 0 unspecified atom stereocenters. The minimum absolute atomic E-state index is 0.0749. The summed E-state index contributed by atoms with van der Waals surface area (Å²) in [7, 11) is -0.356. The Hall–Kier alpha value is -2.38. The molecule has 0 spiro atoms. The van der Waals surface area contributed by atoms with Crippen LogP contribution in [0.15, 0.2) is 53.4 Å². The number of methoxy groups -OCH3 is 1. The number of para-hydroxylation sites is 1. The lowest BCUT2D eigenvalue weighted by Crippen LogP contribution is -2.27. The summed E-state index contributed by atoms with van der Waals surface area (Å²) < 4.78 is 31.9. The molecule has 0 saturated heterocycles. The van der Waals surface area contributed by atoms with Crippen molar-refractivity contribution in [2.75, 3.05) is 20.7 Å². The van der Waals surface area contributed by atoms with E-state index in [1.807, 2.05) is 24.3 Å². The molecule has 0 bridgehead atoms. The smallest absolute Gasteiger partial charge is 0.253 e. The number of carbonyl (C=O) groups is 1. The van der Waals surface area contributed by atoms with E-state index in [-0.39, 0.29) is 17.3 Å². The Morgan fingerprint density at radius 2 is 1.88 bits per heavy atom. The zero-order chi connectivity index (χ0) is 18.4. The summed E-state index contributed by atoms with van der Waals surface area (Å²) in [6.07, 6.45) is 0. The third-order valence-electron chi connectivity index (χ3n) is 3.67. The Bertz CT molecular complexity index is 850. The molecule has 0 radical (unpaired) electrons. The van der Waals surface area contributed by atoms with Gasteiger partial charge in [0.25, 0.3) is 5.91 Å². The summed E-state index contributed by atoms with van der Waals surface area (Å²) in [5.74, 6) is 0.435. The summed E-state index contributed by atoms with van der Waals surface area (Å²) in [4.78, 5) is 14.3. The Morgan fingerprint density at radius 1 is 1.16 bits per heavy atom. The van der Waals surface area contributed by atoms with Crippen LogP contribution in [0, 0.1) is 0 Å². The van der Waals surface area contributed by atoms with Crippen LogP contribution < -0.4 is 9.46 Å². The van der Waals surface area contributed by atoms with Crippen LogP contribution in [0.2, 0.25) is 0 Å². The van der Waals surface area contributed by atoms with Crippen LogP contribution in [0.4, 0.5) is 0 Å². The highest BCUT2D eigenvalue weighted by Gasteiger charge is 2.18. The number of amides is 1. The van der Waals surface area contributed by atoms with Gasteiger partial charge in [0.15, 0.2) is 0 Å². The molecule has 2 aromatic rings. The summed E-state index contributed by atoms with van der Waals surface area (Å²) in [6, 6.07) is 13.5. The van der Waals surface area contributed by atoms with Crippen molar-refractivity contribution < 1.29 is 17.9 Å². The van der Waals surface area contributed by atoms with Crippen LogP contribution in [0.5, 0.6) is 5.75 Å². The van der Waals surface area contributed by atoms with Crippen molar-refractivity contribution in [3.63, 3.8) is 0 Å². The van der Waals surface area contributed by atoms with Gasteiger partial charge in [0.2, 0.25) is 10.0 Å². The first-order valence-electron chi connectivity index (χ1n) is 7.86. The van der Waals surface area contributed by atoms with E-state index < -0.39 is 10.0 Å². The number of hydrogen-bond acceptors (Lipinski definition) is 4. The average Bonchev–Trinajstić information content (AvgIpc) is 2.61.